The van der Waals surface area contributed by atoms with E-state index in [1.165, 1.54) is 17.2 Å². The van der Waals surface area contributed by atoms with Crippen LogP contribution in [0.25, 0.3) is 10.9 Å². The van der Waals surface area contributed by atoms with Gasteiger partial charge in [0, 0.05) is 31.3 Å². The molecule has 144 valence electrons. The number of fused-ring (bicyclic) bond motifs is 3. The molecule has 0 saturated carbocycles. The Morgan fingerprint density at radius 2 is 1.85 bits per heavy atom. The second-order valence-electron chi connectivity index (χ2n) is 7.62. The lowest BCUT2D eigenvalue weighted by molar-refractivity contribution is -0.135. The zero-order valence-corrected chi connectivity index (χ0v) is 16.1. The van der Waals surface area contributed by atoms with Crippen molar-refractivity contribution >= 4 is 26.6 Å². The van der Waals surface area contributed by atoms with Gasteiger partial charge in [0.05, 0.1) is 22.5 Å². The zero-order valence-electron chi connectivity index (χ0n) is 15.2. The highest BCUT2D eigenvalue weighted by Crippen LogP contribution is 2.38. The van der Waals surface area contributed by atoms with Crippen molar-refractivity contribution in [3.8, 4) is 0 Å². The molecule has 2 atom stereocenters. The average Bonchev–Trinajstić information content (AvgIpc) is 2.89. The first kappa shape index (κ1) is 18.2. The number of carbonyl (C=O) groups excluding carboxylic acids is 1. The van der Waals surface area contributed by atoms with Gasteiger partial charge in [0.2, 0.25) is 5.91 Å². The van der Waals surface area contributed by atoms with E-state index in [-0.39, 0.29) is 41.8 Å². The van der Waals surface area contributed by atoms with Gasteiger partial charge < -0.3 is 4.90 Å². The molecule has 4 rings (SSSR count). The standard InChI is InChI=1S/C19H23N3O4S/c1-27(25,26)15-10-13-6-7-14(11-15)22(13)18(23)8-9-21-12-20-17-5-3-2-4-16(17)19(21)24/h2-5,12-15H,6-11H2,1H3. The summed E-state index contributed by atoms with van der Waals surface area (Å²) >= 11 is 0. The SMILES string of the molecule is CS(=O)(=O)C1CC2CCC(C1)N2C(=O)CCn1cnc2ccccc2c1=O. The molecule has 8 heteroatoms. The normalized spacial score (nSPS) is 25.1. The molecular formula is C19H23N3O4S. The first-order valence-corrected chi connectivity index (χ1v) is 11.2. The molecule has 1 aromatic carbocycles. The Kier molecular flexibility index (Phi) is 4.53. The number of aryl methyl sites for hydroxylation is 1. The first-order chi connectivity index (χ1) is 12.8. The summed E-state index contributed by atoms with van der Waals surface area (Å²) in [6, 6.07) is 7.16. The van der Waals surface area contributed by atoms with Crippen molar-refractivity contribution in [2.24, 2.45) is 0 Å². The van der Waals surface area contributed by atoms with Crippen molar-refractivity contribution in [1.82, 2.24) is 14.5 Å². The van der Waals surface area contributed by atoms with Crippen molar-refractivity contribution in [3.63, 3.8) is 0 Å². The lowest BCUT2D eigenvalue weighted by atomic mass is 10.0. The fourth-order valence-corrected chi connectivity index (χ4v) is 5.64. The van der Waals surface area contributed by atoms with E-state index in [0.29, 0.717) is 23.7 Å². The third-order valence-electron chi connectivity index (χ3n) is 5.88. The number of amides is 1. The molecule has 7 nitrogen and oxygen atoms in total. The summed E-state index contributed by atoms with van der Waals surface area (Å²) in [6.45, 7) is 0.279. The van der Waals surface area contributed by atoms with E-state index < -0.39 is 9.84 Å². The first-order valence-electron chi connectivity index (χ1n) is 9.29. The maximum atomic E-state index is 12.8. The molecular weight excluding hydrogens is 366 g/mol. The van der Waals surface area contributed by atoms with E-state index in [4.69, 9.17) is 0 Å². The Morgan fingerprint density at radius 3 is 2.52 bits per heavy atom. The van der Waals surface area contributed by atoms with Gasteiger partial charge in [-0.15, -0.1) is 0 Å². The number of rotatable bonds is 4. The van der Waals surface area contributed by atoms with E-state index in [1.807, 2.05) is 11.0 Å². The van der Waals surface area contributed by atoms with Crippen LogP contribution in [0.2, 0.25) is 0 Å². The van der Waals surface area contributed by atoms with Gasteiger partial charge >= 0.3 is 0 Å². The lowest BCUT2D eigenvalue weighted by Gasteiger charge is -2.38. The van der Waals surface area contributed by atoms with Gasteiger partial charge in [0.1, 0.15) is 9.84 Å². The summed E-state index contributed by atoms with van der Waals surface area (Å²) in [7, 11) is -3.07. The second-order valence-corrected chi connectivity index (χ2v) is 9.94. The second kappa shape index (κ2) is 6.74. The molecule has 2 unspecified atom stereocenters. The van der Waals surface area contributed by atoms with Crippen molar-refractivity contribution in [3.05, 3.63) is 40.9 Å². The number of sulfone groups is 1. The fraction of sp³-hybridized carbons (Fsp3) is 0.526. The lowest BCUT2D eigenvalue weighted by Crippen LogP contribution is -2.49. The Hall–Kier alpha value is -2.22. The summed E-state index contributed by atoms with van der Waals surface area (Å²) in [6.07, 6.45) is 5.77. The predicted molar refractivity (Wildman–Crippen MR) is 102 cm³/mol. The van der Waals surface area contributed by atoms with Crippen molar-refractivity contribution in [2.75, 3.05) is 6.26 Å². The fourth-order valence-electron chi connectivity index (χ4n) is 4.49. The highest BCUT2D eigenvalue weighted by molar-refractivity contribution is 7.91. The average molecular weight is 389 g/mol. The quantitative estimate of drug-likeness (QED) is 0.788. The predicted octanol–water partition coefficient (Wildman–Crippen LogP) is 1.35. The minimum absolute atomic E-state index is 0.00225. The van der Waals surface area contributed by atoms with E-state index in [9.17, 15) is 18.0 Å². The third kappa shape index (κ3) is 3.38. The maximum Gasteiger partial charge on any atom is 0.261 e. The summed E-state index contributed by atoms with van der Waals surface area (Å²) in [5.41, 5.74) is 0.498. The van der Waals surface area contributed by atoms with Crippen LogP contribution in [0.5, 0.6) is 0 Å². The number of para-hydroxylation sites is 1. The number of hydrogen-bond acceptors (Lipinski definition) is 5. The number of carbonyl (C=O) groups is 1. The molecule has 0 radical (unpaired) electrons. The number of benzene rings is 1. The molecule has 2 aliphatic heterocycles. The molecule has 2 aliphatic rings. The Bertz CT molecular complexity index is 1030. The number of hydrogen-bond donors (Lipinski definition) is 0. The van der Waals surface area contributed by atoms with Crippen LogP contribution < -0.4 is 5.56 Å². The van der Waals surface area contributed by atoms with Crippen LogP contribution in [0.3, 0.4) is 0 Å². The molecule has 2 fully saturated rings. The summed E-state index contributed by atoms with van der Waals surface area (Å²) in [5.74, 6) is -0.00508. The molecule has 3 heterocycles. The van der Waals surface area contributed by atoms with Gasteiger partial charge in [-0.25, -0.2) is 13.4 Å². The van der Waals surface area contributed by atoms with E-state index in [1.54, 1.807) is 18.2 Å². The van der Waals surface area contributed by atoms with Gasteiger partial charge in [0.25, 0.3) is 5.56 Å². The number of aromatic nitrogens is 2. The Labute approximate surface area is 157 Å². The van der Waals surface area contributed by atoms with Gasteiger partial charge in [-0.3, -0.25) is 14.2 Å². The van der Waals surface area contributed by atoms with Crippen molar-refractivity contribution in [1.29, 1.82) is 0 Å². The maximum absolute atomic E-state index is 12.8. The minimum atomic E-state index is -3.07. The van der Waals surface area contributed by atoms with Crippen LogP contribution in [-0.2, 0) is 21.2 Å². The van der Waals surface area contributed by atoms with Crippen LogP contribution in [0.15, 0.2) is 35.4 Å². The smallest absolute Gasteiger partial charge is 0.261 e. The molecule has 1 aromatic heterocycles. The largest absolute Gasteiger partial charge is 0.337 e. The van der Waals surface area contributed by atoms with E-state index in [0.717, 1.165) is 12.8 Å². The molecule has 1 amide bonds. The molecule has 27 heavy (non-hydrogen) atoms. The van der Waals surface area contributed by atoms with Crippen LogP contribution in [-0.4, -0.2) is 52.4 Å². The monoisotopic (exact) mass is 389 g/mol. The number of nitrogens with zero attached hydrogens (tertiary/aromatic N) is 3. The minimum Gasteiger partial charge on any atom is -0.337 e. The van der Waals surface area contributed by atoms with Gasteiger partial charge in [-0.1, -0.05) is 12.1 Å². The van der Waals surface area contributed by atoms with Gasteiger partial charge in [-0.2, -0.15) is 0 Å². The van der Waals surface area contributed by atoms with Crippen LogP contribution in [0.4, 0.5) is 0 Å². The summed E-state index contributed by atoms with van der Waals surface area (Å²) < 4.78 is 25.3. The van der Waals surface area contributed by atoms with Gasteiger partial charge in [-0.05, 0) is 37.8 Å². The van der Waals surface area contributed by atoms with Crippen LogP contribution in [0.1, 0.15) is 32.1 Å². The van der Waals surface area contributed by atoms with Crippen molar-refractivity contribution < 1.29 is 13.2 Å². The zero-order chi connectivity index (χ0) is 19.2. The molecule has 0 spiro atoms. The van der Waals surface area contributed by atoms with Crippen LogP contribution in [0, 0.1) is 0 Å². The molecule has 0 N–H and O–H groups in total. The molecule has 2 aromatic rings. The van der Waals surface area contributed by atoms with Crippen molar-refractivity contribution in [2.45, 2.75) is 56.0 Å². The summed E-state index contributed by atoms with van der Waals surface area (Å²) in [4.78, 5) is 31.5. The van der Waals surface area contributed by atoms with Gasteiger partial charge in [0.15, 0.2) is 0 Å². The van der Waals surface area contributed by atoms with E-state index >= 15 is 0 Å². The molecule has 2 saturated heterocycles. The van der Waals surface area contributed by atoms with Crippen LogP contribution >= 0.6 is 0 Å². The Balaban J connectivity index is 1.47. The summed E-state index contributed by atoms with van der Waals surface area (Å²) in [5, 5.41) is 0.202. The third-order valence-corrected chi connectivity index (χ3v) is 7.48. The highest BCUT2D eigenvalue weighted by Gasteiger charge is 2.45. The van der Waals surface area contributed by atoms with E-state index in [2.05, 4.69) is 4.98 Å². The highest BCUT2D eigenvalue weighted by atomic mass is 32.2. The Morgan fingerprint density at radius 1 is 1.19 bits per heavy atom. The topological polar surface area (TPSA) is 89.3 Å². The molecule has 0 aliphatic carbocycles. The number of piperidine rings is 1. The molecule has 2 bridgehead atoms.